The fraction of sp³-hybridized carbons (Fsp3) is 1.00. The first-order valence-electron chi connectivity index (χ1n) is 22.8. The number of alkyl halides is 1. The molecule has 7 fully saturated rings. The van der Waals surface area contributed by atoms with Gasteiger partial charge in [-0.05, 0) is 0 Å². The van der Waals surface area contributed by atoms with Crippen LogP contribution in [0.3, 0.4) is 0 Å². The van der Waals surface area contributed by atoms with Crippen molar-refractivity contribution < 1.29 is 163 Å². The van der Waals surface area contributed by atoms with Gasteiger partial charge in [0.2, 0.25) is 0 Å². The van der Waals surface area contributed by atoms with E-state index in [1.807, 2.05) is 0 Å². The second-order valence-corrected chi connectivity index (χ2v) is 18.3. The quantitative estimate of drug-likeness (QED) is 0.0682. The van der Waals surface area contributed by atoms with Gasteiger partial charge in [0.25, 0.3) is 0 Å². The van der Waals surface area contributed by atoms with Crippen LogP contribution in [0.4, 0.5) is 4.39 Å². The molecule has 0 amide bonds. The zero-order chi connectivity index (χ0) is 52.6. The highest BCUT2D eigenvalue weighted by atomic mass is 19.1. The van der Waals surface area contributed by atoms with Gasteiger partial charge >= 0.3 is 0 Å². The number of halogens is 1. The van der Waals surface area contributed by atoms with Gasteiger partial charge in [0, 0.05) is 0 Å². The fourth-order valence-electron chi connectivity index (χ4n) is 8.84. The summed E-state index contributed by atoms with van der Waals surface area (Å²) < 4.78 is 86.9. The lowest BCUT2D eigenvalue weighted by Crippen LogP contribution is -2.67. The highest BCUT2D eigenvalue weighted by Crippen LogP contribution is 2.36. The molecule has 72 heavy (non-hydrogen) atoms. The molecule has 0 aromatic heterocycles. The standard InChI is InChI=1S/C39H65FO32/c40-15-20(49)30(11(1-41)66-33(15)59)70-38-28(57)22(51)32(14(68-38)7-65-36-26(55)18(47)10(44)4-62-36)72-39-29(58)23(52)31(13(69-39)6-64-35-25(54)17(46)9(43)3-61-35)71-37-27(56)21(50)19(48)12(67-37)5-63-34-24(53)16(45)8(42)2-60-34/h8-39,41-59H,1-7H2/t8-,9-,10-,11-,12-,13-,14-,15-,16+,17+,18+,19-,20-,21+,22-,23-,24-,25-,26-,27-,28-,29-,30-,31-,32-,33+,34-,35-,36-,37+,38+,39+/m1/s1. The van der Waals surface area contributed by atoms with Gasteiger partial charge in [0.15, 0.2) is 50.2 Å². The van der Waals surface area contributed by atoms with Crippen LogP contribution in [0.15, 0.2) is 0 Å². The van der Waals surface area contributed by atoms with E-state index in [-0.39, 0.29) is 0 Å². The van der Waals surface area contributed by atoms with Crippen LogP contribution >= 0.6 is 0 Å². The van der Waals surface area contributed by atoms with Crippen molar-refractivity contribution in [3.63, 3.8) is 0 Å². The minimum Gasteiger partial charge on any atom is -0.394 e. The first-order valence-corrected chi connectivity index (χ1v) is 22.8. The molecular weight excluding hydrogens is 999 g/mol. The Balaban J connectivity index is 1.11. The number of ether oxygens (including phenoxy) is 13. The molecule has 420 valence electrons. The molecule has 7 saturated heterocycles. The third-order valence-electron chi connectivity index (χ3n) is 13.3. The fourth-order valence-corrected chi connectivity index (χ4v) is 8.84. The molecule has 0 aromatic carbocycles. The van der Waals surface area contributed by atoms with Gasteiger partial charge in [-0.25, -0.2) is 4.39 Å². The molecule has 7 heterocycles. The van der Waals surface area contributed by atoms with Crippen molar-refractivity contribution in [2.45, 2.75) is 197 Å². The van der Waals surface area contributed by atoms with Crippen LogP contribution in [0, 0.1) is 0 Å². The summed E-state index contributed by atoms with van der Waals surface area (Å²) in [5, 5.41) is 201. The monoisotopic (exact) mass is 1060 g/mol. The van der Waals surface area contributed by atoms with Crippen LogP contribution in [0.1, 0.15) is 0 Å². The smallest absolute Gasteiger partial charge is 0.189 e. The molecule has 0 bridgehead atoms. The Morgan fingerprint density at radius 2 is 0.653 bits per heavy atom. The number of aliphatic hydroxyl groups is 19. The molecule has 0 radical (unpaired) electrons. The molecule has 7 aliphatic heterocycles. The van der Waals surface area contributed by atoms with E-state index in [1.165, 1.54) is 0 Å². The first-order chi connectivity index (χ1) is 34.0. The highest BCUT2D eigenvalue weighted by molar-refractivity contribution is 4.99. The van der Waals surface area contributed by atoms with Crippen LogP contribution in [0.2, 0.25) is 0 Å². The van der Waals surface area contributed by atoms with E-state index in [2.05, 4.69) is 0 Å². The summed E-state index contributed by atoms with van der Waals surface area (Å²) in [5.41, 5.74) is 0. The SMILES string of the molecule is OC[C@H]1O[C@H](O)[C@H](F)[C@@H](O)[C@@H]1O[C@@H]1O[C@H](CO[C@H]2OC[C@@H](O)[C@H](O)[C@H]2O)[C@@H](O[C@@H]2O[C@H](CO[C@H]3OC[C@@H](O)[C@H](O)[C@H]3O)[C@@H](O[C@@H]3O[C@H](CO[C@H]4OC[C@@H](O)[C@H](O)[C@H]4O)[C@@H](O)[C@H](O)[C@H]3O)[C@H](O)[C@H]2O)[C@H](O)[C@H]1O. The summed E-state index contributed by atoms with van der Waals surface area (Å²) in [4.78, 5) is 0. The molecule has 0 aliphatic carbocycles. The summed E-state index contributed by atoms with van der Waals surface area (Å²) in [5.74, 6) is 0. The van der Waals surface area contributed by atoms with Crippen molar-refractivity contribution in [1.29, 1.82) is 0 Å². The predicted molar refractivity (Wildman–Crippen MR) is 213 cm³/mol. The Hall–Kier alpha value is -1.35. The van der Waals surface area contributed by atoms with Gasteiger partial charge < -0.3 is 159 Å². The van der Waals surface area contributed by atoms with E-state index in [0.29, 0.717) is 0 Å². The molecule has 0 saturated carbocycles. The Morgan fingerprint density at radius 3 is 1.03 bits per heavy atom. The van der Waals surface area contributed by atoms with Gasteiger partial charge in [-0.3, -0.25) is 0 Å². The molecular formula is C39H65FO32. The van der Waals surface area contributed by atoms with E-state index in [9.17, 15) is 101 Å². The second kappa shape index (κ2) is 25.0. The Morgan fingerprint density at radius 1 is 0.333 bits per heavy atom. The molecule has 19 N–H and O–H groups in total. The lowest BCUT2D eigenvalue weighted by molar-refractivity contribution is -0.393. The number of hydrogen-bond acceptors (Lipinski definition) is 32. The van der Waals surface area contributed by atoms with Crippen LogP contribution < -0.4 is 0 Å². The molecule has 0 aromatic rings. The summed E-state index contributed by atoms with van der Waals surface area (Å²) in [6.45, 7) is -5.07. The zero-order valence-electron chi connectivity index (χ0n) is 37.6. The lowest BCUT2D eigenvalue weighted by Gasteiger charge is -2.49. The Labute approximate surface area is 405 Å². The Bertz CT molecular complexity index is 1670. The minimum atomic E-state index is -2.51. The van der Waals surface area contributed by atoms with Crippen molar-refractivity contribution in [2.24, 2.45) is 0 Å². The van der Waals surface area contributed by atoms with Gasteiger partial charge in [-0.15, -0.1) is 0 Å². The minimum absolute atomic E-state index is 0.475. The molecule has 7 rings (SSSR count). The second-order valence-electron chi connectivity index (χ2n) is 18.3. The third kappa shape index (κ3) is 12.5. The zero-order valence-corrected chi connectivity index (χ0v) is 37.6. The topological polar surface area (TPSA) is 504 Å². The van der Waals surface area contributed by atoms with Crippen molar-refractivity contribution in [2.75, 3.05) is 46.2 Å². The number of aliphatic hydroxyl groups excluding tert-OH is 19. The van der Waals surface area contributed by atoms with Crippen molar-refractivity contribution in [3.8, 4) is 0 Å². The van der Waals surface area contributed by atoms with Crippen LogP contribution in [0.5, 0.6) is 0 Å². The number of rotatable bonds is 16. The van der Waals surface area contributed by atoms with E-state index in [0.717, 1.165) is 0 Å². The normalized spacial score (nSPS) is 53.8. The Kier molecular flexibility index (Phi) is 20.2. The maximum absolute atomic E-state index is 14.7. The molecule has 7 aliphatic rings. The van der Waals surface area contributed by atoms with E-state index < -0.39 is 243 Å². The maximum atomic E-state index is 14.7. The molecule has 0 unspecified atom stereocenters. The third-order valence-corrected chi connectivity index (χ3v) is 13.3. The van der Waals surface area contributed by atoms with Gasteiger partial charge in [0.1, 0.15) is 146 Å². The molecule has 32 atom stereocenters. The van der Waals surface area contributed by atoms with E-state index >= 15 is 0 Å². The maximum Gasteiger partial charge on any atom is 0.189 e. The van der Waals surface area contributed by atoms with Crippen LogP contribution in [-0.2, 0) is 61.6 Å². The van der Waals surface area contributed by atoms with Gasteiger partial charge in [-0.2, -0.15) is 0 Å². The van der Waals surface area contributed by atoms with Crippen molar-refractivity contribution in [3.05, 3.63) is 0 Å². The molecule has 0 spiro atoms. The highest BCUT2D eigenvalue weighted by Gasteiger charge is 2.56. The number of hydrogen-bond donors (Lipinski definition) is 19. The lowest BCUT2D eigenvalue weighted by atomic mass is 9.95. The average Bonchev–Trinajstić information content (AvgIpc) is 3.36. The summed E-state index contributed by atoms with van der Waals surface area (Å²) >= 11 is 0. The van der Waals surface area contributed by atoms with Crippen molar-refractivity contribution >= 4 is 0 Å². The summed E-state index contributed by atoms with van der Waals surface area (Å²) in [7, 11) is 0. The summed E-state index contributed by atoms with van der Waals surface area (Å²) in [6, 6.07) is 0. The van der Waals surface area contributed by atoms with Crippen molar-refractivity contribution in [1.82, 2.24) is 0 Å². The molecule has 32 nitrogen and oxygen atoms in total. The average molecular weight is 1060 g/mol. The van der Waals surface area contributed by atoms with E-state index in [4.69, 9.17) is 61.6 Å². The van der Waals surface area contributed by atoms with Gasteiger partial charge in [0.05, 0.1) is 46.2 Å². The van der Waals surface area contributed by atoms with Gasteiger partial charge in [-0.1, -0.05) is 0 Å². The van der Waals surface area contributed by atoms with Crippen LogP contribution in [-0.4, -0.2) is 340 Å². The summed E-state index contributed by atoms with van der Waals surface area (Å²) in [6.07, 6.45) is -61.9. The van der Waals surface area contributed by atoms with Crippen LogP contribution in [0.25, 0.3) is 0 Å². The van der Waals surface area contributed by atoms with E-state index in [1.54, 1.807) is 0 Å². The predicted octanol–water partition coefficient (Wildman–Crippen LogP) is -13.4. The molecule has 33 heteroatoms. The largest absolute Gasteiger partial charge is 0.394 e. The first kappa shape index (κ1) is 58.3.